The largest absolute Gasteiger partial charge is 0.300 e. The maximum Gasteiger partial charge on any atom is 0.137 e. The van der Waals surface area contributed by atoms with Crippen molar-refractivity contribution >= 4 is 17.1 Å². The Morgan fingerprint density at radius 2 is 2.33 bits per heavy atom. The molecule has 76 valence electrons. The van der Waals surface area contributed by atoms with E-state index in [1.807, 2.05) is 23.6 Å². The number of carbonyl (C=O) groups excluding carboxylic acids is 1. The molecule has 2 heterocycles. The molecule has 2 aromatic rings. The summed E-state index contributed by atoms with van der Waals surface area (Å²) in [5.41, 5.74) is 0.885. The summed E-state index contributed by atoms with van der Waals surface area (Å²) in [6, 6.07) is 5.84. The van der Waals surface area contributed by atoms with Crippen LogP contribution in [0.2, 0.25) is 0 Å². The van der Waals surface area contributed by atoms with Crippen molar-refractivity contribution in [3.8, 4) is 10.6 Å². The van der Waals surface area contributed by atoms with Gasteiger partial charge in [-0.25, -0.2) is 9.97 Å². The van der Waals surface area contributed by atoms with Crippen molar-refractivity contribution in [2.75, 3.05) is 0 Å². The van der Waals surface area contributed by atoms with Crippen LogP contribution in [0.1, 0.15) is 12.7 Å². The van der Waals surface area contributed by atoms with Crippen molar-refractivity contribution in [2.24, 2.45) is 0 Å². The smallest absolute Gasteiger partial charge is 0.137 e. The van der Waals surface area contributed by atoms with Gasteiger partial charge in [-0.3, -0.25) is 4.79 Å². The lowest BCUT2D eigenvalue weighted by atomic mass is 10.3. The maximum atomic E-state index is 10.9. The molecule has 0 atom stereocenters. The van der Waals surface area contributed by atoms with Gasteiger partial charge in [-0.1, -0.05) is 6.07 Å². The van der Waals surface area contributed by atoms with Crippen LogP contribution in [0.3, 0.4) is 0 Å². The van der Waals surface area contributed by atoms with E-state index in [0.717, 1.165) is 10.6 Å². The van der Waals surface area contributed by atoms with E-state index in [2.05, 4.69) is 9.97 Å². The molecule has 0 saturated carbocycles. The van der Waals surface area contributed by atoms with Crippen LogP contribution in [0.15, 0.2) is 29.8 Å². The summed E-state index contributed by atoms with van der Waals surface area (Å²) in [6.07, 6.45) is 2.00. The lowest BCUT2D eigenvalue weighted by Gasteiger charge is -1.99. The van der Waals surface area contributed by atoms with E-state index in [0.29, 0.717) is 12.2 Å². The Balaban J connectivity index is 2.31. The highest BCUT2D eigenvalue weighted by atomic mass is 32.1. The van der Waals surface area contributed by atoms with E-state index >= 15 is 0 Å². The molecule has 0 N–H and O–H groups in total. The van der Waals surface area contributed by atoms with Crippen LogP contribution >= 0.6 is 11.3 Å². The number of aromatic nitrogens is 2. The molecule has 4 heteroatoms. The minimum absolute atomic E-state index is 0.0818. The molecule has 0 radical (unpaired) electrons. The second-order valence-corrected chi connectivity index (χ2v) is 4.16. The second-order valence-electron chi connectivity index (χ2n) is 3.21. The van der Waals surface area contributed by atoms with Crippen LogP contribution in [0.4, 0.5) is 0 Å². The lowest BCUT2D eigenvalue weighted by molar-refractivity contribution is -0.116. The standard InChI is InChI=1S/C11H10N2OS/c1-8(14)7-11-12-5-4-9(13-11)10-3-2-6-15-10/h2-6H,7H2,1H3. The Labute approximate surface area is 91.8 Å². The fourth-order valence-electron chi connectivity index (χ4n) is 1.27. The number of thiophene rings is 1. The van der Waals surface area contributed by atoms with Gasteiger partial charge in [0.15, 0.2) is 0 Å². The molecule has 0 amide bonds. The topological polar surface area (TPSA) is 42.9 Å². The molecule has 2 aromatic heterocycles. The summed E-state index contributed by atoms with van der Waals surface area (Å²) < 4.78 is 0. The number of hydrogen-bond acceptors (Lipinski definition) is 4. The van der Waals surface area contributed by atoms with Crippen molar-refractivity contribution < 1.29 is 4.79 Å². The zero-order valence-corrected chi connectivity index (χ0v) is 9.12. The van der Waals surface area contributed by atoms with Gasteiger partial charge in [0.25, 0.3) is 0 Å². The Bertz CT molecular complexity index is 465. The average Bonchev–Trinajstić information content (AvgIpc) is 2.69. The highest BCUT2D eigenvalue weighted by molar-refractivity contribution is 7.13. The summed E-state index contributed by atoms with van der Waals surface area (Å²) in [5.74, 6) is 0.673. The molecule has 0 unspecified atom stereocenters. The Kier molecular flexibility index (Phi) is 2.87. The zero-order chi connectivity index (χ0) is 10.7. The molecule has 0 bridgehead atoms. The van der Waals surface area contributed by atoms with E-state index < -0.39 is 0 Å². The van der Waals surface area contributed by atoms with Crippen molar-refractivity contribution in [1.29, 1.82) is 0 Å². The van der Waals surface area contributed by atoms with E-state index in [4.69, 9.17) is 0 Å². The molecule has 3 nitrogen and oxygen atoms in total. The number of ketones is 1. The van der Waals surface area contributed by atoms with Crippen LogP contribution < -0.4 is 0 Å². The van der Waals surface area contributed by atoms with Gasteiger partial charge in [0, 0.05) is 6.20 Å². The molecule has 0 aliphatic heterocycles. The molecule has 0 aliphatic rings. The van der Waals surface area contributed by atoms with Gasteiger partial charge >= 0.3 is 0 Å². The molecule has 2 rings (SSSR count). The number of Topliss-reactive ketones (excluding diaryl/α,β-unsaturated/α-hetero) is 1. The first-order valence-corrected chi connectivity index (χ1v) is 5.49. The second kappa shape index (κ2) is 4.31. The molecule has 0 aromatic carbocycles. The molecule has 0 aliphatic carbocycles. The first-order chi connectivity index (χ1) is 7.25. The third-order valence-corrected chi connectivity index (χ3v) is 2.78. The van der Waals surface area contributed by atoms with Crippen molar-refractivity contribution in [2.45, 2.75) is 13.3 Å². The number of nitrogens with zero attached hydrogens (tertiary/aromatic N) is 2. The molecule has 0 spiro atoms. The number of rotatable bonds is 3. The fraction of sp³-hybridized carbons (Fsp3) is 0.182. The molecular weight excluding hydrogens is 208 g/mol. The summed E-state index contributed by atoms with van der Waals surface area (Å²) >= 11 is 1.63. The van der Waals surface area contributed by atoms with E-state index in [1.54, 1.807) is 24.5 Å². The van der Waals surface area contributed by atoms with Gasteiger partial charge in [-0.15, -0.1) is 11.3 Å². The van der Waals surface area contributed by atoms with Crippen molar-refractivity contribution in [3.63, 3.8) is 0 Å². The highest BCUT2D eigenvalue weighted by Gasteiger charge is 2.04. The van der Waals surface area contributed by atoms with Crippen LogP contribution in [0, 0.1) is 0 Å². The van der Waals surface area contributed by atoms with Gasteiger partial charge in [-0.2, -0.15) is 0 Å². The van der Waals surface area contributed by atoms with E-state index in [-0.39, 0.29) is 5.78 Å². The van der Waals surface area contributed by atoms with Gasteiger partial charge in [0.1, 0.15) is 11.6 Å². The minimum atomic E-state index is 0.0818. The monoisotopic (exact) mass is 218 g/mol. The van der Waals surface area contributed by atoms with Crippen LogP contribution in [-0.2, 0) is 11.2 Å². The summed E-state index contributed by atoms with van der Waals surface area (Å²) in [5, 5.41) is 2.00. The summed E-state index contributed by atoms with van der Waals surface area (Å²) in [6.45, 7) is 1.54. The zero-order valence-electron chi connectivity index (χ0n) is 8.30. The fourth-order valence-corrected chi connectivity index (χ4v) is 1.96. The minimum Gasteiger partial charge on any atom is -0.300 e. The first-order valence-electron chi connectivity index (χ1n) is 4.61. The lowest BCUT2D eigenvalue weighted by Crippen LogP contribution is -2.02. The molecular formula is C11H10N2OS. The third-order valence-electron chi connectivity index (χ3n) is 1.89. The maximum absolute atomic E-state index is 10.9. The van der Waals surface area contributed by atoms with E-state index in [1.165, 1.54) is 0 Å². The Morgan fingerprint density at radius 1 is 1.47 bits per heavy atom. The quantitative estimate of drug-likeness (QED) is 0.794. The summed E-state index contributed by atoms with van der Waals surface area (Å²) in [7, 11) is 0. The van der Waals surface area contributed by atoms with Crippen molar-refractivity contribution in [1.82, 2.24) is 9.97 Å². The van der Waals surface area contributed by atoms with Crippen LogP contribution in [0.5, 0.6) is 0 Å². The van der Waals surface area contributed by atoms with Gasteiger partial charge in [0.2, 0.25) is 0 Å². The van der Waals surface area contributed by atoms with Gasteiger partial charge in [0.05, 0.1) is 17.0 Å². The molecule has 15 heavy (non-hydrogen) atoms. The average molecular weight is 218 g/mol. The van der Waals surface area contributed by atoms with Crippen LogP contribution in [0.25, 0.3) is 10.6 Å². The van der Waals surface area contributed by atoms with E-state index in [9.17, 15) is 4.79 Å². The normalized spacial score (nSPS) is 10.2. The molecule has 0 fully saturated rings. The Morgan fingerprint density at radius 3 is 3.00 bits per heavy atom. The SMILES string of the molecule is CC(=O)Cc1nccc(-c2cccs2)n1. The van der Waals surface area contributed by atoms with Gasteiger partial charge < -0.3 is 0 Å². The number of carbonyl (C=O) groups is 1. The van der Waals surface area contributed by atoms with Gasteiger partial charge in [-0.05, 0) is 24.4 Å². The predicted octanol–water partition coefficient (Wildman–Crippen LogP) is 2.34. The summed E-state index contributed by atoms with van der Waals surface area (Å²) in [4.78, 5) is 20.4. The highest BCUT2D eigenvalue weighted by Crippen LogP contribution is 2.21. The van der Waals surface area contributed by atoms with Crippen molar-refractivity contribution in [3.05, 3.63) is 35.6 Å². The predicted molar refractivity (Wildman–Crippen MR) is 59.7 cm³/mol. The Hall–Kier alpha value is -1.55. The number of hydrogen-bond donors (Lipinski definition) is 0. The third kappa shape index (κ3) is 2.47. The van der Waals surface area contributed by atoms with Crippen LogP contribution in [-0.4, -0.2) is 15.8 Å². The first kappa shape index (κ1) is 9.98. The molecule has 0 saturated heterocycles.